The van der Waals surface area contributed by atoms with E-state index in [2.05, 4.69) is 6.58 Å². The molecule has 0 saturated heterocycles. The fraction of sp³-hybridized carbons (Fsp3) is 0.438. The molecule has 0 radical (unpaired) electrons. The number of amides is 1. The van der Waals surface area contributed by atoms with Gasteiger partial charge < -0.3 is 4.90 Å². The van der Waals surface area contributed by atoms with Crippen molar-refractivity contribution in [1.29, 1.82) is 0 Å². The van der Waals surface area contributed by atoms with E-state index < -0.39 is 10.0 Å². The Morgan fingerprint density at radius 2 is 2.09 bits per heavy atom. The summed E-state index contributed by atoms with van der Waals surface area (Å²) in [6, 6.07) is 5.24. The van der Waals surface area contributed by atoms with Crippen LogP contribution in [0.15, 0.2) is 30.4 Å². The van der Waals surface area contributed by atoms with Crippen LogP contribution in [0.2, 0.25) is 0 Å². The Morgan fingerprint density at radius 3 is 2.64 bits per heavy atom. The molecule has 0 unspecified atom stereocenters. The Balaban J connectivity index is 2.29. The second-order valence-corrected chi connectivity index (χ2v) is 7.61. The molecule has 1 amide bonds. The van der Waals surface area contributed by atoms with Gasteiger partial charge in [0, 0.05) is 25.2 Å². The van der Waals surface area contributed by atoms with Gasteiger partial charge in [0.25, 0.3) is 5.91 Å². The highest BCUT2D eigenvalue weighted by atomic mass is 32.2. The molecule has 0 aliphatic carbocycles. The van der Waals surface area contributed by atoms with Crippen LogP contribution >= 0.6 is 0 Å². The fourth-order valence-electron chi connectivity index (χ4n) is 2.68. The number of fused-ring (bicyclic) bond motifs is 1. The second-order valence-electron chi connectivity index (χ2n) is 5.71. The van der Waals surface area contributed by atoms with E-state index in [0.717, 1.165) is 11.1 Å². The number of carbonyl (C=O) groups excluding carboxylic acids is 1. The van der Waals surface area contributed by atoms with E-state index in [1.54, 1.807) is 17.0 Å². The summed E-state index contributed by atoms with van der Waals surface area (Å²) in [5, 5.41) is 0. The van der Waals surface area contributed by atoms with E-state index in [1.165, 1.54) is 10.6 Å². The summed E-state index contributed by atoms with van der Waals surface area (Å²) in [7, 11) is -3.26. The summed E-state index contributed by atoms with van der Waals surface area (Å²) in [6.45, 7) is 9.25. The predicted molar refractivity (Wildman–Crippen MR) is 88.7 cm³/mol. The first kappa shape index (κ1) is 16.5. The van der Waals surface area contributed by atoms with E-state index in [0.29, 0.717) is 37.3 Å². The maximum absolute atomic E-state index is 12.5. The Hall–Kier alpha value is -1.82. The van der Waals surface area contributed by atoms with Crippen LogP contribution in [0.1, 0.15) is 29.8 Å². The lowest BCUT2D eigenvalue weighted by Crippen LogP contribution is -2.32. The van der Waals surface area contributed by atoms with Gasteiger partial charge in [-0.1, -0.05) is 12.2 Å². The maximum Gasteiger partial charge on any atom is 0.254 e. The van der Waals surface area contributed by atoms with Gasteiger partial charge in [-0.05, 0) is 44.0 Å². The minimum atomic E-state index is -3.26. The van der Waals surface area contributed by atoms with Crippen LogP contribution < -0.4 is 4.31 Å². The summed E-state index contributed by atoms with van der Waals surface area (Å²) in [6.07, 6.45) is 1.84. The molecule has 0 bridgehead atoms. The van der Waals surface area contributed by atoms with Gasteiger partial charge in [-0.15, -0.1) is 0 Å². The van der Waals surface area contributed by atoms with Crippen LogP contribution in [0.5, 0.6) is 0 Å². The molecule has 1 aromatic carbocycles. The van der Waals surface area contributed by atoms with E-state index in [-0.39, 0.29) is 5.91 Å². The third-order valence-corrected chi connectivity index (χ3v) is 4.89. The number of hydrogen-bond donors (Lipinski definition) is 0. The lowest BCUT2D eigenvalue weighted by atomic mass is 10.1. The van der Waals surface area contributed by atoms with Crippen molar-refractivity contribution in [3.63, 3.8) is 0 Å². The monoisotopic (exact) mass is 322 g/mol. The van der Waals surface area contributed by atoms with Gasteiger partial charge in [-0.3, -0.25) is 9.10 Å². The van der Waals surface area contributed by atoms with Crippen molar-refractivity contribution in [2.24, 2.45) is 0 Å². The molecule has 6 heteroatoms. The normalized spacial score (nSPS) is 13.9. The van der Waals surface area contributed by atoms with Gasteiger partial charge in [0.1, 0.15) is 0 Å². The van der Waals surface area contributed by atoms with Crippen molar-refractivity contribution in [1.82, 2.24) is 4.90 Å². The zero-order valence-electron chi connectivity index (χ0n) is 13.3. The van der Waals surface area contributed by atoms with E-state index in [1.807, 2.05) is 19.9 Å². The number of rotatable bonds is 5. The molecule has 5 nitrogen and oxygen atoms in total. The minimum Gasteiger partial charge on any atom is -0.335 e. The largest absolute Gasteiger partial charge is 0.335 e. The lowest BCUT2D eigenvalue weighted by Gasteiger charge is -2.21. The molecule has 0 spiro atoms. The third-order valence-electron chi connectivity index (χ3n) is 3.71. The first-order valence-corrected chi connectivity index (χ1v) is 9.13. The van der Waals surface area contributed by atoms with E-state index in [4.69, 9.17) is 0 Å². The van der Waals surface area contributed by atoms with E-state index >= 15 is 0 Å². The molecule has 0 saturated carbocycles. The van der Waals surface area contributed by atoms with Crippen LogP contribution in [0, 0.1) is 0 Å². The summed E-state index contributed by atoms with van der Waals surface area (Å²) in [5.74, 6) is -0.0499. The summed E-state index contributed by atoms with van der Waals surface area (Å²) in [5.41, 5.74) is 3.11. The average Bonchev–Trinajstić information content (AvgIpc) is 2.86. The second kappa shape index (κ2) is 6.12. The first-order valence-electron chi connectivity index (χ1n) is 7.28. The highest BCUT2D eigenvalue weighted by Crippen LogP contribution is 2.31. The molecule has 22 heavy (non-hydrogen) atoms. The highest BCUT2D eigenvalue weighted by molar-refractivity contribution is 7.92. The predicted octanol–water partition coefficient (Wildman–Crippen LogP) is 2.05. The smallest absolute Gasteiger partial charge is 0.254 e. The number of sulfonamides is 1. The van der Waals surface area contributed by atoms with Gasteiger partial charge in [-0.2, -0.15) is 0 Å². The lowest BCUT2D eigenvalue weighted by molar-refractivity contribution is 0.0778. The Morgan fingerprint density at radius 1 is 1.41 bits per heavy atom. The fourth-order valence-corrected chi connectivity index (χ4v) is 3.64. The van der Waals surface area contributed by atoms with Crippen molar-refractivity contribution < 1.29 is 13.2 Å². The zero-order chi connectivity index (χ0) is 16.5. The van der Waals surface area contributed by atoms with Crippen LogP contribution in [-0.2, 0) is 16.4 Å². The first-order chi connectivity index (χ1) is 10.2. The average molecular weight is 322 g/mol. The van der Waals surface area contributed by atoms with Crippen LogP contribution in [-0.4, -0.2) is 45.1 Å². The number of anilines is 1. The van der Waals surface area contributed by atoms with Crippen LogP contribution in [0.4, 0.5) is 5.69 Å². The molecule has 0 aromatic heterocycles. The van der Waals surface area contributed by atoms with Crippen molar-refractivity contribution in [3.8, 4) is 0 Å². The van der Waals surface area contributed by atoms with Crippen LogP contribution in [0.3, 0.4) is 0 Å². The Kier molecular flexibility index (Phi) is 4.60. The summed E-state index contributed by atoms with van der Waals surface area (Å²) >= 11 is 0. The zero-order valence-corrected chi connectivity index (χ0v) is 14.1. The molecule has 0 fully saturated rings. The Labute approximate surface area is 132 Å². The molecular formula is C16H22N2O3S. The number of likely N-dealkylation sites (N-methyl/N-ethyl adjacent to an activating group) is 1. The SMILES string of the molecule is C=C(C)CN(CC)C(=O)c1ccc2c(c1)CCN2S(C)(=O)=O. The molecular weight excluding hydrogens is 300 g/mol. The van der Waals surface area contributed by atoms with E-state index in [9.17, 15) is 13.2 Å². The standard InChI is InChI=1S/C16H22N2O3S/c1-5-17(11-12(2)3)16(19)14-6-7-15-13(10-14)8-9-18(15)22(4,20)21/h6-7,10H,2,5,8-9,11H2,1,3-4H3. The molecule has 1 aliphatic heterocycles. The van der Waals surface area contributed by atoms with Crippen molar-refractivity contribution >= 4 is 21.6 Å². The molecule has 1 heterocycles. The number of carbonyl (C=O) groups is 1. The molecule has 0 N–H and O–H groups in total. The molecule has 0 atom stereocenters. The highest BCUT2D eigenvalue weighted by Gasteiger charge is 2.27. The molecule has 1 aliphatic rings. The molecule has 1 aromatic rings. The van der Waals surface area contributed by atoms with Crippen molar-refractivity contribution in [2.75, 3.05) is 30.2 Å². The van der Waals surface area contributed by atoms with Crippen LogP contribution in [0.25, 0.3) is 0 Å². The van der Waals surface area contributed by atoms with Gasteiger partial charge in [0.2, 0.25) is 10.0 Å². The van der Waals surface area contributed by atoms with Gasteiger partial charge in [0.05, 0.1) is 11.9 Å². The third kappa shape index (κ3) is 3.32. The summed E-state index contributed by atoms with van der Waals surface area (Å²) in [4.78, 5) is 14.3. The van der Waals surface area contributed by atoms with Crippen molar-refractivity contribution in [3.05, 3.63) is 41.5 Å². The number of nitrogens with zero attached hydrogens (tertiary/aromatic N) is 2. The minimum absolute atomic E-state index is 0.0499. The number of benzene rings is 1. The Bertz CT molecular complexity index is 710. The van der Waals surface area contributed by atoms with Gasteiger partial charge >= 0.3 is 0 Å². The van der Waals surface area contributed by atoms with Gasteiger partial charge in [-0.25, -0.2) is 8.42 Å². The van der Waals surface area contributed by atoms with Gasteiger partial charge in [0.15, 0.2) is 0 Å². The summed E-state index contributed by atoms with van der Waals surface area (Å²) < 4.78 is 24.9. The topological polar surface area (TPSA) is 57.7 Å². The number of hydrogen-bond acceptors (Lipinski definition) is 3. The molecule has 2 rings (SSSR count). The quantitative estimate of drug-likeness (QED) is 0.780. The van der Waals surface area contributed by atoms with Crippen molar-refractivity contribution in [2.45, 2.75) is 20.3 Å². The molecule has 120 valence electrons. The maximum atomic E-state index is 12.5.